The van der Waals surface area contributed by atoms with Gasteiger partial charge in [-0.3, -0.25) is 9.48 Å². The van der Waals surface area contributed by atoms with Crippen LogP contribution in [0.5, 0.6) is 0 Å². The van der Waals surface area contributed by atoms with Crippen LogP contribution >= 0.6 is 0 Å². The van der Waals surface area contributed by atoms with Crippen molar-refractivity contribution in [2.24, 2.45) is 7.05 Å². The Kier molecular flexibility index (Phi) is 4.71. The molecule has 0 bridgehead atoms. The summed E-state index contributed by atoms with van der Waals surface area (Å²) >= 11 is 0. The molecule has 0 aromatic carbocycles. The molecular weight excluding hydrogens is 296 g/mol. The van der Waals surface area contributed by atoms with E-state index < -0.39 is 0 Å². The molecule has 0 aliphatic carbocycles. The first-order chi connectivity index (χ1) is 11.2. The van der Waals surface area contributed by atoms with Crippen molar-refractivity contribution in [3.63, 3.8) is 0 Å². The van der Waals surface area contributed by atoms with Crippen LogP contribution in [-0.2, 0) is 23.1 Å². The van der Waals surface area contributed by atoms with E-state index in [0.717, 1.165) is 37.6 Å². The fraction of sp³-hybridized carbons (Fsp3) is 0.600. The maximum absolute atomic E-state index is 11.8. The molecule has 8 heteroatoms. The summed E-state index contributed by atoms with van der Waals surface area (Å²) in [6.07, 6.45) is 5.48. The minimum Gasteiger partial charge on any atom is -0.375 e. The molecule has 2 aromatic heterocycles. The smallest absolute Gasteiger partial charge is 0.248 e. The van der Waals surface area contributed by atoms with Gasteiger partial charge in [-0.15, -0.1) is 10.2 Å². The average molecular weight is 318 g/mol. The zero-order valence-electron chi connectivity index (χ0n) is 13.6. The molecule has 0 spiro atoms. The van der Waals surface area contributed by atoms with Crippen LogP contribution in [0.1, 0.15) is 30.4 Å². The highest BCUT2D eigenvalue weighted by molar-refractivity contribution is 5.77. The number of ether oxygens (including phenoxy) is 1. The normalized spacial score (nSPS) is 16.0. The highest BCUT2D eigenvalue weighted by Crippen LogP contribution is 2.26. The molecule has 0 N–H and O–H groups in total. The lowest BCUT2D eigenvalue weighted by Crippen LogP contribution is -2.40. The fourth-order valence-electron chi connectivity index (χ4n) is 3.01. The summed E-state index contributed by atoms with van der Waals surface area (Å²) < 4.78 is 8.80. The number of methoxy groups -OCH3 is 1. The number of rotatable bonds is 5. The number of carbonyl (C=O) groups excluding carboxylic acids is 1. The number of amides is 1. The first kappa shape index (κ1) is 15.7. The number of hydrogen-bond acceptors (Lipinski definition) is 5. The van der Waals surface area contributed by atoms with E-state index in [1.165, 1.54) is 0 Å². The Hall–Kier alpha value is -2.22. The number of aromatic nitrogens is 5. The fourth-order valence-corrected chi connectivity index (χ4v) is 3.01. The van der Waals surface area contributed by atoms with Gasteiger partial charge in [0.05, 0.1) is 0 Å². The summed E-state index contributed by atoms with van der Waals surface area (Å²) in [6.45, 7) is 2.26. The number of nitrogens with zero attached hydrogens (tertiary/aromatic N) is 6. The number of piperidine rings is 1. The molecule has 8 nitrogen and oxygen atoms in total. The van der Waals surface area contributed by atoms with Gasteiger partial charge in [-0.1, -0.05) is 0 Å². The molecule has 0 saturated carbocycles. The maximum atomic E-state index is 11.8. The molecule has 1 aliphatic rings. The van der Waals surface area contributed by atoms with E-state index in [2.05, 4.69) is 19.9 Å². The summed E-state index contributed by atoms with van der Waals surface area (Å²) in [5.74, 6) is 2.28. The van der Waals surface area contributed by atoms with E-state index in [1.807, 2.05) is 28.9 Å². The van der Waals surface area contributed by atoms with Gasteiger partial charge in [-0.05, 0) is 18.9 Å². The van der Waals surface area contributed by atoms with Crippen LogP contribution in [0.3, 0.4) is 0 Å². The van der Waals surface area contributed by atoms with Crippen LogP contribution in [0.25, 0.3) is 0 Å². The van der Waals surface area contributed by atoms with Crippen molar-refractivity contribution in [2.45, 2.75) is 25.3 Å². The molecule has 2 aromatic rings. The first-order valence-corrected chi connectivity index (χ1v) is 7.81. The molecule has 3 rings (SSSR count). The van der Waals surface area contributed by atoms with Crippen molar-refractivity contribution < 1.29 is 9.53 Å². The lowest BCUT2D eigenvalue weighted by Gasteiger charge is -2.31. The maximum Gasteiger partial charge on any atom is 0.248 e. The Balaban J connectivity index is 1.62. The predicted octanol–water partition coefficient (Wildman–Crippen LogP) is 0.412. The highest BCUT2D eigenvalue weighted by atomic mass is 16.5. The molecule has 3 heterocycles. The van der Waals surface area contributed by atoms with Crippen molar-refractivity contribution in [1.29, 1.82) is 0 Å². The Morgan fingerprint density at radius 3 is 2.78 bits per heavy atom. The lowest BCUT2D eigenvalue weighted by molar-refractivity contribution is -0.136. The topological polar surface area (TPSA) is 78.1 Å². The largest absolute Gasteiger partial charge is 0.375 e. The lowest BCUT2D eigenvalue weighted by atomic mass is 9.96. The molecule has 1 fully saturated rings. The minimum absolute atomic E-state index is 0.0586. The van der Waals surface area contributed by atoms with E-state index in [4.69, 9.17) is 4.74 Å². The molecule has 0 radical (unpaired) electrons. The molecule has 1 aliphatic heterocycles. The molecule has 124 valence electrons. The molecule has 23 heavy (non-hydrogen) atoms. The number of likely N-dealkylation sites (tertiary alicyclic amines) is 1. The quantitative estimate of drug-likeness (QED) is 0.798. The van der Waals surface area contributed by atoms with Gasteiger partial charge in [0.15, 0.2) is 5.82 Å². The van der Waals surface area contributed by atoms with E-state index in [9.17, 15) is 4.79 Å². The number of carbonyl (C=O) groups is 1. The summed E-state index contributed by atoms with van der Waals surface area (Å²) in [7, 11) is 3.54. The Morgan fingerprint density at radius 1 is 1.35 bits per heavy atom. The van der Waals surface area contributed by atoms with Gasteiger partial charge in [0.2, 0.25) is 5.91 Å². The van der Waals surface area contributed by atoms with Crippen LogP contribution in [-0.4, -0.2) is 62.2 Å². The Labute approximate surface area is 135 Å². The third-order valence-corrected chi connectivity index (χ3v) is 4.34. The molecule has 1 amide bonds. The molecule has 1 saturated heterocycles. The SMILES string of the molecule is COCC(=O)N1CCC(c2nnc(Cn3cccn3)n2C)CC1. The van der Waals surface area contributed by atoms with Gasteiger partial charge in [0.1, 0.15) is 19.0 Å². The molecule has 0 unspecified atom stereocenters. The predicted molar refractivity (Wildman–Crippen MR) is 82.8 cm³/mol. The van der Waals surface area contributed by atoms with E-state index >= 15 is 0 Å². The van der Waals surface area contributed by atoms with Crippen molar-refractivity contribution in [1.82, 2.24) is 29.4 Å². The van der Waals surface area contributed by atoms with Gasteiger partial charge in [0.25, 0.3) is 0 Å². The molecular formula is C15H22N6O2. The van der Waals surface area contributed by atoms with Gasteiger partial charge in [-0.2, -0.15) is 5.10 Å². The van der Waals surface area contributed by atoms with Crippen LogP contribution < -0.4 is 0 Å². The standard InChI is InChI=1S/C15H22N6O2/c1-19-13(10-21-7-3-6-16-21)17-18-15(19)12-4-8-20(9-5-12)14(22)11-23-2/h3,6-7,12H,4-5,8-11H2,1-2H3. The third-order valence-electron chi connectivity index (χ3n) is 4.34. The van der Waals surface area contributed by atoms with E-state index in [0.29, 0.717) is 12.5 Å². The van der Waals surface area contributed by atoms with Gasteiger partial charge < -0.3 is 14.2 Å². The van der Waals surface area contributed by atoms with Crippen molar-refractivity contribution in [2.75, 3.05) is 26.8 Å². The van der Waals surface area contributed by atoms with Crippen molar-refractivity contribution in [3.8, 4) is 0 Å². The van der Waals surface area contributed by atoms with Crippen molar-refractivity contribution >= 4 is 5.91 Å². The second-order valence-electron chi connectivity index (χ2n) is 5.83. The van der Waals surface area contributed by atoms with Gasteiger partial charge >= 0.3 is 0 Å². The summed E-state index contributed by atoms with van der Waals surface area (Å²) in [4.78, 5) is 13.7. The van der Waals surface area contributed by atoms with Crippen LogP contribution in [0.4, 0.5) is 0 Å². The van der Waals surface area contributed by atoms with Crippen LogP contribution in [0.2, 0.25) is 0 Å². The summed E-state index contributed by atoms with van der Waals surface area (Å²) in [5.41, 5.74) is 0. The van der Waals surface area contributed by atoms with Crippen molar-refractivity contribution in [3.05, 3.63) is 30.1 Å². The Bertz CT molecular complexity index is 643. The molecule has 0 atom stereocenters. The average Bonchev–Trinajstić information content (AvgIpc) is 3.19. The van der Waals surface area contributed by atoms with Gasteiger partial charge in [0, 0.05) is 45.6 Å². The zero-order valence-corrected chi connectivity index (χ0v) is 13.6. The highest BCUT2D eigenvalue weighted by Gasteiger charge is 2.27. The number of hydrogen-bond donors (Lipinski definition) is 0. The summed E-state index contributed by atoms with van der Waals surface area (Å²) in [5, 5.41) is 12.9. The zero-order chi connectivity index (χ0) is 16.2. The van der Waals surface area contributed by atoms with Crippen LogP contribution in [0, 0.1) is 0 Å². The second kappa shape index (κ2) is 6.91. The minimum atomic E-state index is 0.0586. The van der Waals surface area contributed by atoms with Crippen LogP contribution in [0.15, 0.2) is 18.5 Å². The Morgan fingerprint density at radius 2 is 2.13 bits per heavy atom. The third kappa shape index (κ3) is 3.42. The second-order valence-corrected chi connectivity index (χ2v) is 5.83. The summed E-state index contributed by atoms with van der Waals surface area (Å²) in [6, 6.07) is 1.89. The first-order valence-electron chi connectivity index (χ1n) is 7.81. The van der Waals surface area contributed by atoms with E-state index in [-0.39, 0.29) is 12.5 Å². The van der Waals surface area contributed by atoms with Gasteiger partial charge in [-0.25, -0.2) is 0 Å². The van der Waals surface area contributed by atoms with E-state index in [1.54, 1.807) is 13.3 Å². The monoisotopic (exact) mass is 318 g/mol.